The molecule has 0 bridgehead atoms. The Labute approximate surface area is 177 Å². The van der Waals surface area contributed by atoms with Crippen LogP contribution < -0.4 is 16.4 Å². The molecule has 3 rings (SSSR count). The fraction of sp³-hybridized carbons (Fsp3) is 0.300. The van der Waals surface area contributed by atoms with Crippen molar-refractivity contribution < 1.29 is 9.59 Å². The van der Waals surface area contributed by atoms with E-state index in [1.807, 2.05) is 54.6 Å². The summed E-state index contributed by atoms with van der Waals surface area (Å²) >= 11 is 0. The maximum atomic E-state index is 12.1. The van der Waals surface area contributed by atoms with Crippen LogP contribution in [-0.4, -0.2) is 35.8 Å². The Morgan fingerprint density at radius 2 is 1.75 bits per heavy atom. The van der Waals surface area contributed by atoms with Gasteiger partial charge in [0.15, 0.2) is 0 Å². The van der Waals surface area contributed by atoms with Crippen LogP contribution >= 0.6 is 24.8 Å². The van der Waals surface area contributed by atoms with Crippen LogP contribution in [0, 0.1) is 0 Å². The second-order valence-electron chi connectivity index (χ2n) is 6.50. The number of nitrogens with two attached hydrogens (primary N) is 1. The lowest BCUT2D eigenvalue weighted by atomic mass is 10.1. The van der Waals surface area contributed by atoms with Gasteiger partial charge in [-0.25, -0.2) is 0 Å². The van der Waals surface area contributed by atoms with Crippen LogP contribution in [0.2, 0.25) is 0 Å². The fourth-order valence-corrected chi connectivity index (χ4v) is 3.26. The van der Waals surface area contributed by atoms with Gasteiger partial charge in [-0.05, 0) is 49.2 Å². The minimum absolute atomic E-state index is 0. The van der Waals surface area contributed by atoms with Crippen molar-refractivity contribution in [2.24, 2.45) is 5.73 Å². The van der Waals surface area contributed by atoms with Gasteiger partial charge in [0.25, 0.3) is 0 Å². The summed E-state index contributed by atoms with van der Waals surface area (Å²) < 4.78 is 0. The van der Waals surface area contributed by atoms with Gasteiger partial charge in [0.1, 0.15) is 0 Å². The van der Waals surface area contributed by atoms with Crippen molar-refractivity contribution in [1.82, 2.24) is 4.90 Å². The summed E-state index contributed by atoms with van der Waals surface area (Å²) in [4.78, 5) is 25.8. The second kappa shape index (κ2) is 11.5. The van der Waals surface area contributed by atoms with Gasteiger partial charge in [-0.3, -0.25) is 14.5 Å². The molecular weight excluding hydrogens is 399 g/mol. The summed E-state index contributed by atoms with van der Waals surface area (Å²) in [6, 6.07) is 17.1. The van der Waals surface area contributed by atoms with E-state index in [1.54, 1.807) is 0 Å². The Balaban J connectivity index is 0.00000196. The molecule has 1 saturated heterocycles. The SMILES string of the molecule is Cl.Cl.NC(=O)C1CCCN1Cc1cccc(NC(=O)CNc2ccccc2)c1. The van der Waals surface area contributed by atoms with E-state index in [0.717, 1.165) is 36.3 Å². The molecule has 0 saturated carbocycles. The number of hydrogen-bond donors (Lipinski definition) is 3. The number of para-hydroxylation sites is 1. The van der Waals surface area contributed by atoms with Crippen LogP contribution in [0.4, 0.5) is 11.4 Å². The van der Waals surface area contributed by atoms with E-state index in [4.69, 9.17) is 5.73 Å². The molecule has 1 unspecified atom stereocenters. The van der Waals surface area contributed by atoms with Crippen LogP contribution in [0.5, 0.6) is 0 Å². The summed E-state index contributed by atoms with van der Waals surface area (Å²) in [7, 11) is 0. The minimum Gasteiger partial charge on any atom is -0.376 e. The van der Waals surface area contributed by atoms with E-state index in [1.165, 1.54) is 0 Å². The van der Waals surface area contributed by atoms with Crippen molar-refractivity contribution in [3.05, 3.63) is 60.2 Å². The molecule has 0 spiro atoms. The van der Waals surface area contributed by atoms with Gasteiger partial charge in [0, 0.05) is 17.9 Å². The van der Waals surface area contributed by atoms with E-state index in [9.17, 15) is 9.59 Å². The van der Waals surface area contributed by atoms with Gasteiger partial charge in [-0.15, -0.1) is 24.8 Å². The Morgan fingerprint density at radius 3 is 2.46 bits per heavy atom. The predicted molar refractivity (Wildman–Crippen MR) is 117 cm³/mol. The summed E-state index contributed by atoms with van der Waals surface area (Å²) in [6.07, 6.45) is 1.80. The van der Waals surface area contributed by atoms with Gasteiger partial charge < -0.3 is 16.4 Å². The normalized spacial score (nSPS) is 15.8. The average molecular weight is 425 g/mol. The van der Waals surface area contributed by atoms with E-state index < -0.39 is 0 Å². The lowest BCUT2D eigenvalue weighted by Gasteiger charge is -2.22. The minimum atomic E-state index is -0.265. The summed E-state index contributed by atoms with van der Waals surface area (Å²) in [5.74, 6) is -0.374. The third-order valence-electron chi connectivity index (χ3n) is 4.52. The predicted octanol–water partition coefficient (Wildman–Crippen LogP) is 3.03. The Kier molecular flexibility index (Phi) is 9.79. The highest BCUT2D eigenvalue weighted by molar-refractivity contribution is 5.93. The van der Waals surface area contributed by atoms with Gasteiger partial charge >= 0.3 is 0 Å². The molecule has 0 radical (unpaired) electrons. The van der Waals surface area contributed by atoms with E-state index in [-0.39, 0.29) is 49.2 Å². The zero-order valence-corrected chi connectivity index (χ0v) is 17.1. The molecule has 1 aliphatic rings. The number of carbonyl (C=O) groups excluding carboxylic acids is 2. The highest BCUT2D eigenvalue weighted by Gasteiger charge is 2.28. The highest BCUT2D eigenvalue weighted by atomic mass is 35.5. The number of carbonyl (C=O) groups is 2. The Morgan fingerprint density at radius 1 is 1.04 bits per heavy atom. The third-order valence-corrected chi connectivity index (χ3v) is 4.52. The standard InChI is InChI=1S/C20H24N4O2.2ClH/c21-20(26)18-10-5-11-24(18)14-15-6-4-9-17(12-15)23-19(25)13-22-16-7-2-1-3-8-16;;/h1-4,6-9,12,18,22H,5,10-11,13-14H2,(H2,21,26)(H,23,25);2*1H. The molecule has 1 aliphatic heterocycles. The first-order valence-electron chi connectivity index (χ1n) is 8.83. The second-order valence-corrected chi connectivity index (χ2v) is 6.50. The van der Waals surface area contributed by atoms with Crippen LogP contribution in [-0.2, 0) is 16.1 Å². The molecule has 28 heavy (non-hydrogen) atoms. The van der Waals surface area contributed by atoms with Crippen molar-refractivity contribution in [2.45, 2.75) is 25.4 Å². The number of likely N-dealkylation sites (tertiary alicyclic amines) is 1. The Hall–Kier alpha value is -2.28. The van der Waals surface area contributed by atoms with Crippen molar-refractivity contribution >= 4 is 48.0 Å². The number of halogens is 2. The average Bonchev–Trinajstić information content (AvgIpc) is 3.09. The largest absolute Gasteiger partial charge is 0.376 e. The number of hydrogen-bond acceptors (Lipinski definition) is 4. The number of anilines is 2. The summed E-state index contributed by atoms with van der Waals surface area (Å²) in [5.41, 5.74) is 8.18. The first-order valence-corrected chi connectivity index (χ1v) is 8.83. The molecule has 1 heterocycles. The monoisotopic (exact) mass is 424 g/mol. The van der Waals surface area contributed by atoms with Crippen molar-refractivity contribution in [2.75, 3.05) is 23.7 Å². The number of amides is 2. The molecule has 2 amide bonds. The van der Waals surface area contributed by atoms with Crippen LogP contribution in [0.25, 0.3) is 0 Å². The molecule has 8 heteroatoms. The lowest BCUT2D eigenvalue weighted by Crippen LogP contribution is -2.39. The zero-order chi connectivity index (χ0) is 18.4. The number of nitrogens with one attached hydrogen (secondary N) is 2. The van der Waals surface area contributed by atoms with Gasteiger partial charge in [0.2, 0.25) is 11.8 Å². The van der Waals surface area contributed by atoms with Crippen molar-refractivity contribution in [1.29, 1.82) is 0 Å². The van der Waals surface area contributed by atoms with Gasteiger partial charge in [0.05, 0.1) is 12.6 Å². The first-order chi connectivity index (χ1) is 12.6. The van der Waals surface area contributed by atoms with E-state index >= 15 is 0 Å². The molecule has 1 atom stereocenters. The van der Waals surface area contributed by atoms with Crippen molar-refractivity contribution in [3.8, 4) is 0 Å². The van der Waals surface area contributed by atoms with Crippen molar-refractivity contribution in [3.63, 3.8) is 0 Å². The van der Waals surface area contributed by atoms with Gasteiger partial charge in [-0.1, -0.05) is 30.3 Å². The van der Waals surface area contributed by atoms with Gasteiger partial charge in [-0.2, -0.15) is 0 Å². The van der Waals surface area contributed by atoms with E-state index in [2.05, 4.69) is 15.5 Å². The first kappa shape index (κ1) is 23.8. The highest BCUT2D eigenvalue weighted by Crippen LogP contribution is 2.21. The summed E-state index contributed by atoms with van der Waals surface area (Å²) in [6.45, 7) is 1.72. The summed E-state index contributed by atoms with van der Waals surface area (Å²) in [5, 5.41) is 5.98. The number of primary amides is 1. The molecule has 2 aromatic carbocycles. The number of rotatable bonds is 7. The fourth-order valence-electron chi connectivity index (χ4n) is 3.26. The topological polar surface area (TPSA) is 87.5 Å². The molecule has 0 aliphatic carbocycles. The Bertz CT molecular complexity index is 774. The molecule has 6 nitrogen and oxygen atoms in total. The third kappa shape index (κ3) is 6.71. The molecule has 0 aromatic heterocycles. The maximum Gasteiger partial charge on any atom is 0.243 e. The lowest BCUT2D eigenvalue weighted by molar-refractivity contribution is -0.122. The number of nitrogens with zero attached hydrogens (tertiary/aromatic N) is 1. The van der Waals surface area contributed by atoms with Crippen LogP contribution in [0.3, 0.4) is 0 Å². The molecule has 4 N–H and O–H groups in total. The van der Waals surface area contributed by atoms with Crippen LogP contribution in [0.1, 0.15) is 18.4 Å². The smallest absolute Gasteiger partial charge is 0.243 e. The maximum absolute atomic E-state index is 12.1. The zero-order valence-electron chi connectivity index (χ0n) is 15.5. The molecule has 2 aromatic rings. The molecule has 152 valence electrons. The molecule has 1 fully saturated rings. The van der Waals surface area contributed by atoms with Crippen LogP contribution in [0.15, 0.2) is 54.6 Å². The van der Waals surface area contributed by atoms with E-state index in [0.29, 0.717) is 6.54 Å². The quantitative estimate of drug-likeness (QED) is 0.637. The number of benzene rings is 2. The molecular formula is C20H26Cl2N4O2.